The van der Waals surface area contributed by atoms with Gasteiger partial charge in [-0.2, -0.15) is 0 Å². The van der Waals surface area contributed by atoms with Gasteiger partial charge in [0, 0.05) is 6.07 Å². The van der Waals surface area contributed by atoms with E-state index in [1.807, 2.05) is 0 Å². The monoisotopic (exact) mass is 460 g/mol. The Morgan fingerprint density at radius 3 is 2.35 bits per heavy atom. The molecule has 5 rings (SSSR count). The average Bonchev–Trinajstić information content (AvgIpc) is 3.34. The number of hydrogen-bond donors (Lipinski definition) is 0. The van der Waals surface area contributed by atoms with Gasteiger partial charge in [-0.3, -0.25) is 4.79 Å². The van der Waals surface area contributed by atoms with Crippen molar-refractivity contribution in [3.8, 4) is 28.7 Å². The summed E-state index contributed by atoms with van der Waals surface area (Å²) in [5, 5.41) is 0.242. The Kier molecular flexibility index (Phi) is 5.35. The van der Waals surface area contributed by atoms with Crippen molar-refractivity contribution < 1.29 is 37.7 Å². The van der Waals surface area contributed by atoms with E-state index in [2.05, 4.69) is 4.74 Å². The highest BCUT2D eigenvalue weighted by Crippen LogP contribution is 2.33. The van der Waals surface area contributed by atoms with E-state index >= 15 is 0 Å². The van der Waals surface area contributed by atoms with Crippen LogP contribution in [-0.4, -0.2) is 25.8 Å². The molecule has 0 saturated heterocycles. The minimum Gasteiger partial charge on any atom is -0.465 e. The fraction of sp³-hybridized carbons (Fsp3) is 0.0800. The predicted octanol–water partition coefficient (Wildman–Crippen LogP) is 4.32. The molecule has 0 fully saturated rings. The topological polar surface area (TPSA) is 110 Å². The summed E-state index contributed by atoms with van der Waals surface area (Å²) in [5.41, 5.74) is 0.442. The summed E-state index contributed by atoms with van der Waals surface area (Å²) in [6.07, 6.45) is 1.17. The molecule has 0 unspecified atom stereocenters. The zero-order chi connectivity index (χ0) is 23.7. The first kappa shape index (κ1) is 21.1. The van der Waals surface area contributed by atoms with Crippen molar-refractivity contribution in [2.24, 2.45) is 0 Å². The van der Waals surface area contributed by atoms with Gasteiger partial charge in [-0.1, -0.05) is 0 Å². The first-order valence-electron chi connectivity index (χ1n) is 10.1. The Morgan fingerprint density at radius 1 is 0.824 bits per heavy atom. The maximum Gasteiger partial charge on any atom is 0.343 e. The van der Waals surface area contributed by atoms with Gasteiger partial charge in [0.15, 0.2) is 11.5 Å². The van der Waals surface area contributed by atoms with Crippen molar-refractivity contribution in [3.05, 3.63) is 88.3 Å². The minimum absolute atomic E-state index is 0.0385. The van der Waals surface area contributed by atoms with Crippen LogP contribution in [0, 0.1) is 0 Å². The van der Waals surface area contributed by atoms with Crippen LogP contribution in [0.25, 0.3) is 11.0 Å². The molecule has 0 N–H and O–H groups in total. The first-order valence-corrected chi connectivity index (χ1v) is 10.1. The van der Waals surface area contributed by atoms with Gasteiger partial charge < -0.3 is 28.1 Å². The molecule has 0 radical (unpaired) electrons. The number of fused-ring (bicyclic) bond motifs is 2. The van der Waals surface area contributed by atoms with E-state index < -0.39 is 17.4 Å². The zero-order valence-corrected chi connectivity index (χ0v) is 17.7. The molecule has 0 spiro atoms. The highest BCUT2D eigenvalue weighted by atomic mass is 16.7. The minimum atomic E-state index is -0.602. The largest absolute Gasteiger partial charge is 0.465 e. The van der Waals surface area contributed by atoms with E-state index in [0.717, 1.165) is 0 Å². The highest BCUT2D eigenvalue weighted by molar-refractivity contribution is 5.92. The van der Waals surface area contributed by atoms with Gasteiger partial charge in [0.2, 0.25) is 18.0 Å². The fourth-order valence-electron chi connectivity index (χ4n) is 3.32. The molecule has 2 heterocycles. The smallest absolute Gasteiger partial charge is 0.343 e. The average molecular weight is 460 g/mol. The molecule has 4 aromatic rings. The van der Waals surface area contributed by atoms with E-state index in [4.69, 9.17) is 23.4 Å². The van der Waals surface area contributed by atoms with E-state index in [9.17, 15) is 14.4 Å². The zero-order valence-electron chi connectivity index (χ0n) is 17.7. The lowest BCUT2D eigenvalue weighted by atomic mass is 10.2. The summed E-state index contributed by atoms with van der Waals surface area (Å²) in [4.78, 5) is 36.9. The second-order valence-corrected chi connectivity index (χ2v) is 7.16. The van der Waals surface area contributed by atoms with Crippen molar-refractivity contribution in [2.45, 2.75) is 0 Å². The molecule has 0 atom stereocenters. The number of benzene rings is 3. The SMILES string of the molecule is COC(=O)c1ccc(Oc2coc3cc(OC(=O)c4ccc5c(c4)OCO5)ccc3c2=O)cc1. The summed E-state index contributed by atoms with van der Waals surface area (Å²) in [7, 11) is 1.29. The number of carbonyl (C=O) groups is 2. The molecule has 0 bridgehead atoms. The molecule has 34 heavy (non-hydrogen) atoms. The number of rotatable bonds is 5. The maximum absolute atomic E-state index is 12.8. The molecule has 9 nitrogen and oxygen atoms in total. The van der Waals surface area contributed by atoms with Crippen LogP contribution in [0.2, 0.25) is 0 Å². The molecule has 0 aliphatic carbocycles. The number of carbonyl (C=O) groups excluding carboxylic acids is 2. The standard InChI is InChI=1S/C25H16O9/c1-29-24(27)14-2-5-16(6-3-14)33-22-12-30-20-11-17(7-8-18(20)23(22)26)34-25(28)15-4-9-19-21(10-15)32-13-31-19/h2-12H,13H2,1H3. The molecule has 170 valence electrons. The summed E-state index contributed by atoms with van der Waals surface area (Å²) < 4.78 is 31.7. The molecule has 1 aliphatic rings. The van der Waals surface area contributed by atoms with Crippen LogP contribution >= 0.6 is 0 Å². The molecule has 9 heteroatoms. The molecule has 3 aromatic carbocycles. The summed E-state index contributed by atoms with van der Waals surface area (Å²) >= 11 is 0. The Bertz CT molecular complexity index is 1470. The fourth-order valence-corrected chi connectivity index (χ4v) is 3.32. The Hall–Kier alpha value is -4.79. The Labute approximate surface area is 192 Å². The van der Waals surface area contributed by atoms with Crippen LogP contribution in [0.15, 0.2) is 76.1 Å². The number of ether oxygens (including phenoxy) is 5. The lowest BCUT2D eigenvalue weighted by Crippen LogP contribution is -2.09. The second kappa shape index (κ2) is 8.62. The number of methoxy groups -OCH3 is 1. The van der Waals surface area contributed by atoms with Gasteiger partial charge in [-0.05, 0) is 54.6 Å². The lowest BCUT2D eigenvalue weighted by molar-refractivity contribution is 0.0600. The highest BCUT2D eigenvalue weighted by Gasteiger charge is 2.18. The van der Waals surface area contributed by atoms with E-state index in [0.29, 0.717) is 22.8 Å². The van der Waals surface area contributed by atoms with Crippen molar-refractivity contribution >= 4 is 22.9 Å². The van der Waals surface area contributed by atoms with Crippen LogP contribution in [0.1, 0.15) is 20.7 Å². The summed E-state index contributed by atoms with van der Waals surface area (Å²) in [6.45, 7) is 0.0993. The summed E-state index contributed by atoms with van der Waals surface area (Å²) in [6, 6.07) is 15.2. The van der Waals surface area contributed by atoms with Gasteiger partial charge in [-0.25, -0.2) is 9.59 Å². The van der Waals surface area contributed by atoms with Gasteiger partial charge in [-0.15, -0.1) is 0 Å². The van der Waals surface area contributed by atoms with Crippen LogP contribution in [0.3, 0.4) is 0 Å². The summed E-state index contributed by atoms with van der Waals surface area (Å²) in [5.74, 6) is 0.442. The number of esters is 2. The van der Waals surface area contributed by atoms with Crippen LogP contribution < -0.4 is 24.4 Å². The van der Waals surface area contributed by atoms with Gasteiger partial charge in [0.25, 0.3) is 0 Å². The Morgan fingerprint density at radius 2 is 1.56 bits per heavy atom. The van der Waals surface area contributed by atoms with Gasteiger partial charge >= 0.3 is 11.9 Å². The van der Waals surface area contributed by atoms with E-state index in [-0.39, 0.29) is 34.8 Å². The molecular formula is C25H16O9. The molecule has 0 saturated carbocycles. The molecule has 0 amide bonds. The number of hydrogen-bond acceptors (Lipinski definition) is 9. The third-order valence-electron chi connectivity index (χ3n) is 5.04. The van der Waals surface area contributed by atoms with Crippen LogP contribution in [0.4, 0.5) is 0 Å². The van der Waals surface area contributed by atoms with Crippen molar-refractivity contribution in [2.75, 3.05) is 13.9 Å². The van der Waals surface area contributed by atoms with Gasteiger partial charge in [0.1, 0.15) is 23.3 Å². The maximum atomic E-state index is 12.8. The second-order valence-electron chi connectivity index (χ2n) is 7.16. The van der Waals surface area contributed by atoms with Crippen LogP contribution in [0.5, 0.6) is 28.7 Å². The van der Waals surface area contributed by atoms with Crippen molar-refractivity contribution in [1.82, 2.24) is 0 Å². The van der Waals surface area contributed by atoms with E-state index in [1.54, 1.807) is 12.1 Å². The molecule has 1 aromatic heterocycles. The third-order valence-corrected chi connectivity index (χ3v) is 5.04. The van der Waals surface area contributed by atoms with Crippen molar-refractivity contribution in [1.29, 1.82) is 0 Å². The first-order chi connectivity index (χ1) is 16.5. The lowest BCUT2D eigenvalue weighted by Gasteiger charge is -2.08. The van der Waals surface area contributed by atoms with Crippen LogP contribution in [-0.2, 0) is 4.74 Å². The van der Waals surface area contributed by atoms with Gasteiger partial charge in [0.05, 0.1) is 23.6 Å². The molecule has 1 aliphatic heterocycles. The third kappa shape index (κ3) is 4.02. The normalized spacial score (nSPS) is 11.8. The quantitative estimate of drug-likeness (QED) is 0.318. The Balaban J connectivity index is 1.34. The molecular weight excluding hydrogens is 444 g/mol. The van der Waals surface area contributed by atoms with Crippen molar-refractivity contribution in [3.63, 3.8) is 0 Å². The van der Waals surface area contributed by atoms with E-state index in [1.165, 1.54) is 61.9 Å². The predicted molar refractivity (Wildman–Crippen MR) is 118 cm³/mol.